The first-order valence-electron chi connectivity index (χ1n) is 3.70. The Kier molecular flexibility index (Phi) is 1.77. The van der Waals surface area contributed by atoms with Gasteiger partial charge in [0, 0.05) is 0 Å². The lowest BCUT2D eigenvalue weighted by Gasteiger charge is -1.97. The van der Waals surface area contributed by atoms with Gasteiger partial charge in [0.05, 0.1) is 5.52 Å². The summed E-state index contributed by atoms with van der Waals surface area (Å²) in [5.74, 6) is 0.571. The van der Waals surface area contributed by atoms with Crippen molar-refractivity contribution in [2.24, 2.45) is 0 Å². The minimum absolute atomic E-state index is 0.276. The number of hydrogen-bond donors (Lipinski definition) is 1. The standard InChI is InChI=1S/C8H6ClN3O/c1-4-10-5-2-3-6(9)12-7(5)8(13)11-4/h2-3H,1H3,(H,10,11,13). The minimum Gasteiger partial charge on any atom is -0.342 e. The first kappa shape index (κ1) is 8.19. The fourth-order valence-corrected chi connectivity index (χ4v) is 1.27. The molecule has 0 unspecified atom stereocenters. The van der Waals surface area contributed by atoms with E-state index in [1.165, 1.54) is 0 Å². The molecule has 5 heteroatoms. The number of halogens is 1. The van der Waals surface area contributed by atoms with E-state index in [0.717, 1.165) is 0 Å². The van der Waals surface area contributed by atoms with Gasteiger partial charge in [0.25, 0.3) is 5.56 Å². The highest BCUT2D eigenvalue weighted by molar-refractivity contribution is 6.29. The summed E-state index contributed by atoms with van der Waals surface area (Å²) in [6.45, 7) is 1.72. The van der Waals surface area contributed by atoms with Crippen LogP contribution in [0.5, 0.6) is 0 Å². The van der Waals surface area contributed by atoms with E-state index in [0.29, 0.717) is 16.5 Å². The van der Waals surface area contributed by atoms with Crippen molar-refractivity contribution in [3.8, 4) is 0 Å². The third-order valence-corrected chi connectivity index (χ3v) is 1.86. The summed E-state index contributed by atoms with van der Waals surface area (Å²) in [7, 11) is 0. The average molecular weight is 196 g/mol. The molecule has 0 radical (unpaired) electrons. The van der Waals surface area contributed by atoms with Gasteiger partial charge in [-0.25, -0.2) is 4.98 Å². The number of aromatic nitrogens is 3. The molecule has 4 nitrogen and oxygen atoms in total. The summed E-state index contributed by atoms with van der Waals surface area (Å²) in [6, 6.07) is 3.33. The molecule has 0 aliphatic heterocycles. The maximum absolute atomic E-state index is 11.3. The van der Waals surface area contributed by atoms with Gasteiger partial charge in [0.2, 0.25) is 0 Å². The zero-order valence-corrected chi connectivity index (χ0v) is 7.59. The van der Waals surface area contributed by atoms with E-state index < -0.39 is 0 Å². The zero-order valence-electron chi connectivity index (χ0n) is 6.84. The van der Waals surface area contributed by atoms with Gasteiger partial charge in [0.15, 0.2) is 5.52 Å². The van der Waals surface area contributed by atoms with Crippen LogP contribution >= 0.6 is 11.6 Å². The number of hydrogen-bond acceptors (Lipinski definition) is 3. The summed E-state index contributed by atoms with van der Waals surface area (Å²) < 4.78 is 0. The first-order chi connectivity index (χ1) is 6.16. The summed E-state index contributed by atoms with van der Waals surface area (Å²) in [6.07, 6.45) is 0. The Balaban J connectivity index is 2.95. The van der Waals surface area contributed by atoms with E-state index >= 15 is 0 Å². The van der Waals surface area contributed by atoms with E-state index in [1.54, 1.807) is 19.1 Å². The molecule has 13 heavy (non-hydrogen) atoms. The molecule has 0 bridgehead atoms. The van der Waals surface area contributed by atoms with Crippen LogP contribution in [0.3, 0.4) is 0 Å². The van der Waals surface area contributed by atoms with Crippen molar-refractivity contribution in [3.63, 3.8) is 0 Å². The molecule has 0 aromatic carbocycles. The molecule has 0 saturated carbocycles. The van der Waals surface area contributed by atoms with Crippen molar-refractivity contribution in [3.05, 3.63) is 33.5 Å². The molecule has 0 amide bonds. The first-order valence-corrected chi connectivity index (χ1v) is 4.08. The molecule has 2 aromatic rings. The van der Waals surface area contributed by atoms with E-state index in [2.05, 4.69) is 15.0 Å². The van der Waals surface area contributed by atoms with Crippen LogP contribution in [-0.4, -0.2) is 15.0 Å². The Bertz CT molecular complexity index is 520. The second-order valence-electron chi connectivity index (χ2n) is 2.66. The van der Waals surface area contributed by atoms with Crippen LogP contribution in [0.4, 0.5) is 0 Å². The van der Waals surface area contributed by atoms with Crippen molar-refractivity contribution in [2.75, 3.05) is 0 Å². The maximum Gasteiger partial charge on any atom is 0.299 e. The number of pyridine rings is 1. The summed E-state index contributed by atoms with van der Waals surface area (Å²) in [4.78, 5) is 21.8. The van der Waals surface area contributed by atoms with Crippen molar-refractivity contribution in [2.45, 2.75) is 6.92 Å². The molecule has 0 fully saturated rings. The average Bonchev–Trinajstić information content (AvgIpc) is 2.06. The van der Waals surface area contributed by atoms with Crippen LogP contribution in [0, 0.1) is 6.92 Å². The van der Waals surface area contributed by atoms with Crippen LogP contribution in [0.1, 0.15) is 5.82 Å². The Hall–Kier alpha value is -1.42. The Morgan fingerprint density at radius 3 is 2.92 bits per heavy atom. The van der Waals surface area contributed by atoms with Crippen LogP contribution in [0.2, 0.25) is 5.15 Å². The van der Waals surface area contributed by atoms with Crippen molar-refractivity contribution in [1.29, 1.82) is 0 Å². The predicted molar refractivity (Wildman–Crippen MR) is 49.9 cm³/mol. The van der Waals surface area contributed by atoms with Gasteiger partial charge >= 0.3 is 0 Å². The minimum atomic E-state index is -0.353. The molecule has 0 aliphatic carbocycles. The van der Waals surface area contributed by atoms with Crippen LogP contribution in [-0.2, 0) is 0 Å². The number of rotatable bonds is 0. The summed E-state index contributed by atoms with van der Waals surface area (Å²) in [5, 5.41) is 0.295. The van der Waals surface area contributed by atoms with E-state index in [9.17, 15) is 4.79 Å². The van der Waals surface area contributed by atoms with E-state index in [-0.39, 0.29) is 11.1 Å². The number of nitrogens with one attached hydrogen (secondary N) is 1. The molecule has 0 aliphatic rings. The molecule has 2 heterocycles. The number of fused-ring (bicyclic) bond motifs is 1. The highest BCUT2D eigenvalue weighted by Gasteiger charge is 2.02. The third kappa shape index (κ3) is 1.40. The van der Waals surface area contributed by atoms with Gasteiger partial charge < -0.3 is 4.98 Å². The third-order valence-electron chi connectivity index (χ3n) is 1.65. The Morgan fingerprint density at radius 2 is 2.15 bits per heavy atom. The highest BCUT2D eigenvalue weighted by Crippen LogP contribution is 2.09. The summed E-state index contributed by atoms with van der Waals surface area (Å²) in [5.41, 5.74) is 0.578. The van der Waals surface area contributed by atoms with Gasteiger partial charge in [-0.3, -0.25) is 4.79 Å². The van der Waals surface area contributed by atoms with Gasteiger partial charge in [-0.2, -0.15) is 4.98 Å². The van der Waals surface area contributed by atoms with E-state index in [1.807, 2.05) is 0 Å². The molecule has 66 valence electrons. The van der Waals surface area contributed by atoms with Crippen LogP contribution in [0.25, 0.3) is 11.0 Å². The van der Waals surface area contributed by atoms with Gasteiger partial charge in [0.1, 0.15) is 11.0 Å². The number of aryl methyl sites for hydroxylation is 1. The molecular formula is C8H6ClN3O. The van der Waals surface area contributed by atoms with Gasteiger partial charge in [-0.15, -0.1) is 0 Å². The molecular weight excluding hydrogens is 190 g/mol. The van der Waals surface area contributed by atoms with Gasteiger partial charge in [-0.1, -0.05) is 11.6 Å². The number of nitrogens with zero attached hydrogens (tertiary/aromatic N) is 2. The Labute approximate surface area is 78.6 Å². The van der Waals surface area contributed by atoms with Crippen molar-refractivity contribution < 1.29 is 0 Å². The highest BCUT2D eigenvalue weighted by atomic mass is 35.5. The second-order valence-corrected chi connectivity index (χ2v) is 3.04. The normalized spacial score (nSPS) is 10.6. The lowest BCUT2D eigenvalue weighted by Crippen LogP contribution is -2.11. The van der Waals surface area contributed by atoms with Crippen molar-refractivity contribution in [1.82, 2.24) is 15.0 Å². The fourth-order valence-electron chi connectivity index (χ4n) is 1.13. The van der Waals surface area contributed by atoms with Crippen LogP contribution in [0.15, 0.2) is 16.9 Å². The maximum atomic E-state index is 11.3. The smallest absolute Gasteiger partial charge is 0.299 e. The molecule has 1 N–H and O–H groups in total. The quantitative estimate of drug-likeness (QED) is 0.645. The largest absolute Gasteiger partial charge is 0.342 e. The SMILES string of the molecule is Cc1nc(=O)c2nc(Cl)ccc2[nH]1. The monoisotopic (exact) mass is 195 g/mol. The lowest BCUT2D eigenvalue weighted by atomic mass is 10.3. The zero-order chi connectivity index (χ0) is 9.42. The van der Waals surface area contributed by atoms with E-state index in [4.69, 9.17) is 11.6 Å². The van der Waals surface area contributed by atoms with Crippen LogP contribution < -0.4 is 5.56 Å². The lowest BCUT2D eigenvalue weighted by molar-refractivity contribution is 1.05. The topological polar surface area (TPSA) is 58.6 Å². The number of aromatic amines is 1. The molecule has 0 spiro atoms. The van der Waals surface area contributed by atoms with Crippen molar-refractivity contribution >= 4 is 22.6 Å². The molecule has 2 aromatic heterocycles. The summed E-state index contributed by atoms with van der Waals surface area (Å²) >= 11 is 5.64. The molecule has 2 rings (SSSR count). The second kappa shape index (κ2) is 2.81. The molecule has 0 saturated heterocycles. The van der Waals surface area contributed by atoms with Gasteiger partial charge in [-0.05, 0) is 19.1 Å². The fraction of sp³-hybridized carbons (Fsp3) is 0.125. The Morgan fingerprint density at radius 1 is 1.38 bits per heavy atom. The number of H-pyrrole nitrogens is 1. The predicted octanol–water partition coefficient (Wildman–Crippen LogP) is 1.28. The molecule has 0 atom stereocenters.